The lowest BCUT2D eigenvalue weighted by Gasteiger charge is -2.36. The lowest BCUT2D eigenvalue weighted by Crippen LogP contribution is -2.53. The van der Waals surface area contributed by atoms with E-state index in [0.29, 0.717) is 32.5 Å². The minimum atomic E-state index is -0.871. The number of rotatable bonds is 9. The molecule has 0 aromatic carbocycles. The van der Waals surface area contributed by atoms with Crippen LogP contribution < -0.4 is 5.32 Å². The van der Waals surface area contributed by atoms with Crippen LogP contribution in [0, 0.1) is 0 Å². The molecule has 1 fully saturated rings. The first kappa shape index (κ1) is 17.3. The average Bonchev–Trinajstić information content (AvgIpc) is 2.38. The van der Waals surface area contributed by atoms with Gasteiger partial charge >= 0.3 is 5.97 Å². The van der Waals surface area contributed by atoms with Crippen LogP contribution in [0.5, 0.6) is 0 Å². The summed E-state index contributed by atoms with van der Waals surface area (Å²) in [4.78, 5) is 23.0. The fourth-order valence-corrected chi connectivity index (χ4v) is 3.30. The molecule has 0 aromatic heterocycles. The number of carbonyl (C=O) groups is 2. The molecule has 0 atom stereocenters. The first-order chi connectivity index (χ1) is 9.58. The van der Waals surface area contributed by atoms with Crippen molar-refractivity contribution in [3.8, 4) is 0 Å². The SMILES string of the molecule is CCCCSCCC(=O)NC1(CC(=O)O)CCOCC1. The second kappa shape index (κ2) is 9.23. The summed E-state index contributed by atoms with van der Waals surface area (Å²) in [6.45, 7) is 3.17. The molecule has 0 saturated carbocycles. The zero-order chi connectivity index (χ0) is 14.8. The maximum atomic E-state index is 12.0. The molecule has 5 nitrogen and oxygen atoms in total. The highest BCUT2D eigenvalue weighted by molar-refractivity contribution is 7.99. The first-order valence-corrected chi connectivity index (χ1v) is 8.42. The van der Waals surface area contributed by atoms with E-state index in [9.17, 15) is 9.59 Å². The van der Waals surface area contributed by atoms with Gasteiger partial charge in [-0.1, -0.05) is 13.3 Å². The van der Waals surface area contributed by atoms with Crippen LogP contribution in [-0.4, -0.2) is 47.2 Å². The van der Waals surface area contributed by atoms with E-state index in [4.69, 9.17) is 9.84 Å². The molecule has 2 N–H and O–H groups in total. The summed E-state index contributed by atoms with van der Waals surface area (Å²) < 4.78 is 5.26. The van der Waals surface area contributed by atoms with Crippen LogP contribution in [-0.2, 0) is 14.3 Å². The lowest BCUT2D eigenvalue weighted by atomic mass is 9.86. The first-order valence-electron chi connectivity index (χ1n) is 7.26. The van der Waals surface area contributed by atoms with Crippen LogP contribution in [0.1, 0.15) is 45.4 Å². The minimum absolute atomic E-state index is 0.0227. The highest BCUT2D eigenvalue weighted by Crippen LogP contribution is 2.25. The predicted octanol–water partition coefficient (Wildman–Crippen LogP) is 2.05. The molecule has 0 spiro atoms. The number of ether oxygens (including phenoxy) is 1. The largest absolute Gasteiger partial charge is 0.481 e. The monoisotopic (exact) mass is 303 g/mol. The number of carbonyl (C=O) groups excluding carboxylic acids is 1. The minimum Gasteiger partial charge on any atom is -0.481 e. The van der Waals surface area contributed by atoms with Crippen LogP contribution in [0.4, 0.5) is 0 Å². The third-order valence-corrected chi connectivity index (χ3v) is 4.53. The van der Waals surface area contributed by atoms with Crippen LogP contribution >= 0.6 is 11.8 Å². The van der Waals surface area contributed by atoms with Gasteiger partial charge in [0.25, 0.3) is 0 Å². The molecule has 116 valence electrons. The second-order valence-electron chi connectivity index (χ2n) is 5.23. The Bertz CT molecular complexity index is 316. The van der Waals surface area contributed by atoms with Gasteiger partial charge in [0.15, 0.2) is 0 Å². The van der Waals surface area contributed by atoms with Gasteiger partial charge in [-0.3, -0.25) is 9.59 Å². The molecule has 1 aliphatic heterocycles. The average molecular weight is 303 g/mol. The van der Waals surface area contributed by atoms with Gasteiger partial charge in [-0.2, -0.15) is 11.8 Å². The fourth-order valence-electron chi connectivity index (χ4n) is 2.27. The normalized spacial score (nSPS) is 17.6. The number of carboxylic acid groups (broad SMARTS) is 1. The molecule has 1 rings (SSSR count). The molecule has 20 heavy (non-hydrogen) atoms. The Morgan fingerprint density at radius 2 is 2.00 bits per heavy atom. The molecule has 1 saturated heterocycles. The molecule has 1 heterocycles. The van der Waals surface area contributed by atoms with Crippen molar-refractivity contribution >= 4 is 23.6 Å². The number of hydrogen-bond acceptors (Lipinski definition) is 4. The number of aliphatic carboxylic acids is 1. The lowest BCUT2D eigenvalue weighted by molar-refractivity contribution is -0.140. The van der Waals surface area contributed by atoms with E-state index in [1.807, 2.05) is 0 Å². The maximum absolute atomic E-state index is 12.0. The van der Waals surface area contributed by atoms with Crippen molar-refractivity contribution in [1.82, 2.24) is 5.32 Å². The number of nitrogens with one attached hydrogen (secondary N) is 1. The molecular formula is C14H25NO4S. The zero-order valence-electron chi connectivity index (χ0n) is 12.2. The summed E-state index contributed by atoms with van der Waals surface area (Å²) in [5.41, 5.74) is -0.616. The van der Waals surface area contributed by atoms with E-state index in [1.54, 1.807) is 11.8 Å². The van der Waals surface area contributed by atoms with Gasteiger partial charge in [0, 0.05) is 25.4 Å². The molecular weight excluding hydrogens is 278 g/mol. The highest BCUT2D eigenvalue weighted by Gasteiger charge is 2.36. The van der Waals surface area contributed by atoms with Crippen molar-refractivity contribution in [1.29, 1.82) is 0 Å². The Morgan fingerprint density at radius 1 is 1.30 bits per heavy atom. The quantitative estimate of drug-likeness (QED) is 0.638. The summed E-state index contributed by atoms with van der Waals surface area (Å²) in [7, 11) is 0. The fraction of sp³-hybridized carbons (Fsp3) is 0.857. The van der Waals surface area contributed by atoms with Gasteiger partial charge in [0.1, 0.15) is 0 Å². The summed E-state index contributed by atoms with van der Waals surface area (Å²) in [6, 6.07) is 0. The Morgan fingerprint density at radius 3 is 2.60 bits per heavy atom. The Labute approximate surface area is 124 Å². The smallest absolute Gasteiger partial charge is 0.305 e. The van der Waals surface area contributed by atoms with Gasteiger partial charge < -0.3 is 15.2 Å². The number of carboxylic acids is 1. The van der Waals surface area contributed by atoms with Gasteiger partial charge in [-0.05, 0) is 25.0 Å². The number of unbranched alkanes of at least 4 members (excludes halogenated alkanes) is 1. The predicted molar refractivity (Wildman–Crippen MR) is 80.0 cm³/mol. The number of thioether (sulfide) groups is 1. The van der Waals surface area contributed by atoms with Gasteiger partial charge in [-0.25, -0.2) is 0 Å². The van der Waals surface area contributed by atoms with Crippen LogP contribution in [0.3, 0.4) is 0 Å². The summed E-state index contributed by atoms with van der Waals surface area (Å²) in [5, 5.41) is 12.0. The molecule has 1 aliphatic rings. The van der Waals surface area contributed by atoms with Crippen LogP contribution in [0.2, 0.25) is 0 Å². The Balaban J connectivity index is 2.36. The van der Waals surface area contributed by atoms with Gasteiger partial charge in [-0.15, -0.1) is 0 Å². The van der Waals surface area contributed by atoms with Crippen molar-refractivity contribution < 1.29 is 19.4 Å². The molecule has 0 bridgehead atoms. The third-order valence-electron chi connectivity index (χ3n) is 3.46. The zero-order valence-corrected chi connectivity index (χ0v) is 13.0. The van der Waals surface area contributed by atoms with E-state index in [1.165, 1.54) is 12.8 Å². The standard InChI is InChI=1S/C14H25NO4S/c1-2-3-9-20-10-4-12(16)15-14(11-13(17)18)5-7-19-8-6-14/h2-11H2,1H3,(H,15,16)(H,17,18). The van der Waals surface area contributed by atoms with E-state index < -0.39 is 11.5 Å². The molecule has 0 radical (unpaired) electrons. The van der Waals surface area contributed by atoms with Crippen molar-refractivity contribution in [3.05, 3.63) is 0 Å². The number of hydrogen-bond donors (Lipinski definition) is 2. The van der Waals surface area contributed by atoms with Crippen molar-refractivity contribution in [3.63, 3.8) is 0 Å². The van der Waals surface area contributed by atoms with Gasteiger partial charge in [0.2, 0.25) is 5.91 Å². The van der Waals surface area contributed by atoms with Crippen molar-refractivity contribution in [2.45, 2.75) is 51.0 Å². The molecule has 0 aromatic rings. The van der Waals surface area contributed by atoms with E-state index in [2.05, 4.69) is 12.2 Å². The van der Waals surface area contributed by atoms with E-state index >= 15 is 0 Å². The van der Waals surface area contributed by atoms with E-state index in [0.717, 1.165) is 11.5 Å². The second-order valence-corrected chi connectivity index (χ2v) is 6.45. The topological polar surface area (TPSA) is 75.6 Å². The van der Waals surface area contributed by atoms with Crippen LogP contribution in [0.15, 0.2) is 0 Å². The molecule has 6 heteroatoms. The van der Waals surface area contributed by atoms with Crippen molar-refractivity contribution in [2.75, 3.05) is 24.7 Å². The van der Waals surface area contributed by atoms with E-state index in [-0.39, 0.29) is 12.3 Å². The Kier molecular flexibility index (Phi) is 7.99. The molecule has 0 aliphatic carbocycles. The van der Waals surface area contributed by atoms with Crippen LogP contribution in [0.25, 0.3) is 0 Å². The van der Waals surface area contributed by atoms with Crippen molar-refractivity contribution in [2.24, 2.45) is 0 Å². The number of amides is 1. The maximum Gasteiger partial charge on any atom is 0.305 e. The summed E-state index contributed by atoms with van der Waals surface area (Å²) in [6.07, 6.45) is 3.93. The Hall–Kier alpha value is -0.750. The summed E-state index contributed by atoms with van der Waals surface area (Å²) >= 11 is 1.78. The third kappa shape index (κ3) is 6.61. The van der Waals surface area contributed by atoms with Gasteiger partial charge in [0.05, 0.1) is 12.0 Å². The summed E-state index contributed by atoms with van der Waals surface area (Å²) in [5.74, 6) is 0.963. The molecule has 0 unspecified atom stereocenters. The highest BCUT2D eigenvalue weighted by atomic mass is 32.2. The molecule has 1 amide bonds.